The van der Waals surface area contributed by atoms with E-state index in [4.69, 9.17) is 0 Å². The van der Waals surface area contributed by atoms with Crippen molar-refractivity contribution in [2.75, 3.05) is 0 Å². The van der Waals surface area contributed by atoms with Gasteiger partial charge in [-0.3, -0.25) is 4.40 Å². The molecule has 4 aromatic carbocycles. The zero-order valence-corrected chi connectivity index (χ0v) is 17.0. The second-order valence-corrected chi connectivity index (χ2v) is 7.81. The summed E-state index contributed by atoms with van der Waals surface area (Å²) in [5.74, 6) is -3.61. The van der Waals surface area contributed by atoms with E-state index >= 15 is 8.78 Å². The number of hydrogen-bond acceptors (Lipinski definition) is 1. The SMILES string of the molecule is Fc1cc2c3ccccc3c3ncc(-c4c(F)cc(-c5ccccc5)cc4F)n3c2cc1F. The number of nitrogens with zero attached hydrogens (tertiary/aromatic N) is 2. The first-order valence-electron chi connectivity index (χ1n) is 10.2. The molecule has 0 saturated heterocycles. The van der Waals surface area contributed by atoms with Crippen molar-refractivity contribution >= 4 is 27.3 Å². The van der Waals surface area contributed by atoms with Gasteiger partial charge in [-0.25, -0.2) is 22.5 Å². The molecule has 0 atom stereocenters. The number of rotatable bonds is 2. The van der Waals surface area contributed by atoms with E-state index in [1.807, 2.05) is 6.07 Å². The van der Waals surface area contributed by atoms with Crippen molar-refractivity contribution in [3.8, 4) is 22.4 Å². The van der Waals surface area contributed by atoms with Crippen LogP contribution in [0.1, 0.15) is 0 Å². The van der Waals surface area contributed by atoms with E-state index in [1.165, 1.54) is 22.7 Å². The zero-order valence-electron chi connectivity index (χ0n) is 17.0. The molecule has 6 rings (SSSR count). The van der Waals surface area contributed by atoms with Gasteiger partial charge in [-0.05, 0) is 34.7 Å². The van der Waals surface area contributed by atoms with Crippen molar-refractivity contribution in [2.45, 2.75) is 0 Å². The fourth-order valence-corrected chi connectivity index (χ4v) is 4.43. The second kappa shape index (κ2) is 7.17. The fourth-order valence-electron chi connectivity index (χ4n) is 4.43. The van der Waals surface area contributed by atoms with Gasteiger partial charge in [-0.1, -0.05) is 54.6 Å². The number of halogens is 4. The molecule has 2 aromatic heterocycles. The summed E-state index contributed by atoms with van der Waals surface area (Å²) in [6.45, 7) is 0. The minimum atomic E-state index is -1.06. The van der Waals surface area contributed by atoms with Crippen LogP contribution in [0.25, 0.3) is 49.7 Å². The first-order valence-corrected chi connectivity index (χ1v) is 10.2. The van der Waals surface area contributed by atoms with Crippen LogP contribution in [0.4, 0.5) is 17.6 Å². The molecule has 0 aliphatic heterocycles. The van der Waals surface area contributed by atoms with Crippen LogP contribution >= 0.6 is 0 Å². The molecule has 0 radical (unpaired) electrons. The van der Waals surface area contributed by atoms with Gasteiger partial charge in [0.2, 0.25) is 0 Å². The van der Waals surface area contributed by atoms with Crippen molar-refractivity contribution in [2.24, 2.45) is 0 Å². The fraction of sp³-hybridized carbons (Fsp3) is 0. The molecule has 6 heteroatoms. The lowest BCUT2D eigenvalue weighted by Crippen LogP contribution is -1.99. The van der Waals surface area contributed by atoms with Crippen LogP contribution in [0.15, 0.2) is 85.1 Å². The molecule has 0 amide bonds. The zero-order chi connectivity index (χ0) is 22.7. The Morgan fingerprint density at radius 1 is 0.576 bits per heavy atom. The van der Waals surface area contributed by atoms with Crippen LogP contribution < -0.4 is 0 Å². The van der Waals surface area contributed by atoms with Crippen LogP contribution in [-0.2, 0) is 0 Å². The Morgan fingerprint density at radius 2 is 1.21 bits per heavy atom. The molecule has 0 saturated carbocycles. The van der Waals surface area contributed by atoms with Crippen molar-refractivity contribution in [3.05, 3.63) is 108 Å². The molecule has 0 aliphatic rings. The molecular formula is C27H14F4N2. The summed E-state index contributed by atoms with van der Waals surface area (Å²) in [5, 5.41) is 1.73. The third-order valence-corrected chi connectivity index (χ3v) is 5.90. The normalized spacial score (nSPS) is 11.6. The Hall–Kier alpha value is -4.19. The molecule has 160 valence electrons. The number of imidazole rings is 1. The minimum Gasteiger partial charge on any atom is -0.291 e. The first-order chi connectivity index (χ1) is 16.0. The summed E-state index contributed by atoms with van der Waals surface area (Å²) in [5.41, 5.74) is 1.55. The van der Waals surface area contributed by atoms with Crippen molar-refractivity contribution < 1.29 is 17.6 Å². The molecule has 6 aromatic rings. The highest BCUT2D eigenvalue weighted by atomic mass is 19.2. The molecule has 33 heavy (non-hydrogen) atoms. The lowest BCUT2D eigenvalue weighted by atomic mass is 10.0. The first kappa shape index (κ1) is 19.5. The number of benzene rings is 4. The lowest BCUT2D eigenvalue weighted by molar-refractivity contribution is 0.510. The maximum absolute atomic E-state index is 15.3. The average Bonchev–Trinajstić information content (AvgIpc) is 3.25. The number of aromatic nitrogens is 2. The highest BCUT2D eigenvalue weighted by Crippen LogP contribution is 2.36. The van der Waals surface area contributed by atoms with Crippen LogP contribution in [0.2, 0.25) is 0 Å². The summed E-state index contributed by atoms with van der Waals surface area (Å²) in [6.07, 6.45) is 1.35. The molecule has 0 fully saturated rings. The Kier molecular flexibility index (Phi) is 4.23. The largest absolute Gasteiger partial charge is 0.291 e. The van der Waals surface area contributed by atoms with Gasteiger partial charge in [-0.15, -0.1) is 0 Å². The molecule has 0 bridgehead atoms. The Morgan fingerprint density at radius 3 is 1.94 bits per heavy atom. The van der Waals surface area contributed by atoms with Crippen LogP contribution in [0.3, 0.4) is 0 Å². The van der Waals surface area contributed by atoms with E-state index in [0.29, 0.717) is 32.9 Å². The second-order valence-electron chi connectivity index (χ2n) is 7.81. The Balaban J connectivity index is 1.71. The van der Waals surface area contributed by atoms with Gasteiger partial charge in [0.05, 0.1) is 23.0 Å². The Bertz CT molecular complexity index is 1680. The molecular weight excluding hydrogens is 428 g/mol. The lowest BCUT2D eigenvalue weighted by Gasteiger charge is -2.13. The highest BCUT2D eigenvalue weighted by Gasteiger charge is 2.21. The van der Waals surface area contributed by atoms with Crippen LogP contribution in [0, 0.1) is 23.3 Å². The maximum Gasteiger partial charge on any atom is 0.160 e. The monoisotopic (exact) mass is 442 g/mol. The standard InChI is InChI=1S/C27H14F4N2/c28-20-12-19-17-8-4-5-9-18(17)27-32-14-25(33(27)24(19)13-21(20)29)26-22(30)10-16(11-23(26)31)15-6-2-1-3-7-15/h1-14H. The summed E-state index contributed by atoms with van der Waals surface area (Å²) < 4.78 is 60.5. The van der Waals surface area contributed by atoms with E-state index in [-0.39, 0.29) is 16.8 Å². The molecule has 0 aliphatic carbocycles. The van der Waals surface area contributed by atoms with Gasteiger partial charge in [0.15, 0.2) is 11.6 Å². The van der Waals surface area contributed by atoms with Crippen LogP contribution in [0.5, 0.6) is 0 Å². The molecule has 0 unspecified atom stereocenters. The molecule has 0 N–H and O–H groups in total. The number of fused-ring (bicyclic) bond motifs is 6. The maximum atomic E-state index is 15.3. The highest BCUT2D eigenvalue weighted by molar-refractivity contribution is 6.12. The van der Waals surface area contributed by atoms with Crippen molar-refractivity contribution in [1.29, 1.82) is 0 Å². The van der Waals surface area contributed by atoms with Gasteiger partial charge >= 0.3 is 0 Å². The van der Waals surface area contributed by atoms with Gasteiger partial charge in [0, 0.05) is 16.8 Å². The summed E-state index contributed by atoms with van der Waals surface area (Å²) >= 11 is 0. The van der Waals surface area contributed by atoms with E-state index in [2.05, 4.69) is 4.98 Å². The molecule has 2 nitrogen and oxygen atoms in total. The number of hydrogen-bond donors (Lipinski definition) is 0. The molecule has 2 heterocycles. The van der Waals surface area contributed by atoms with Gasteiger partial charge in [0.25, 0.3) is 0 Å². The van der Waals surface area contributed by atoms with Crippen molar-refractivity contribution in [3.63, 3.8) is 0 Å². The van der Waals surface area contributed by atoms with E-state index in [9.17, 15) is 8.78 Å². The average molecular weight is 442 g/mol. The van der Waals surface area contributed by atoms with Crippen molar-refractivity contribution in [1.82, 2.24) is 9.38 Å². The quantitative estimate of drug-likeness (QED) is 0.200. The third-order valence-electron chi connectivity index (χ3n) is 5.90. The predicted molar refractivity (Wildman–Crippen MR) is 121 cm³/mol. The third kappa shape index (κ3) is 2.91. The van der Waals surface area contributed by atoms with Gasteiger partial charge in [-0.2, -0.15) is 0 Å². The predicted octanol–water partition coefficient (Wildman–Crippen LogP) is 7.53. The summed E-state index contributed by atoms with van der Waals surface area (Å²) in [6, 6.07) is 20.7. The Labute approximate surface area is 185 Å². The smallest absolute Gasteiger partial charge is 0.160 e. The van der Waals surface area contributed by atoms with Gasteiger partial charge in [0.1, 0.15) is 17.3 Å². The topological polar surface area (TPSA) is 17.3 Å². The summed E-state index contributed by atoms with van der Waals surface area (Å²) in [7, 11) is 0. The molecule has 0 spiro atoms. The number of pyridine rings is 1. The minimum absolute atomic E-state index is 0.112. The van der Waals surface area contributed by atoms with E-state index in [1.54, 1.807) is 48.5 Å². The van der Waals surface area contributed by atoms with Gasteiger partial charge < -0.3 is 0 Å². The summed E-state index contributed by atoms with van der Waals surface area (Å²) in [4.78, 5) is 4.40. The van der Waals surface area contributed by atoms with E-state index in [0.717, 1.165) is 12.1 Å². The van der Waals surface area contributed by atoms with Crippen LogP contribution in [-0.4, -0.2) is 9.38 Å². The van der Waals surface area contributed by atoms with E-state index < -0.39 is 23.3 Å².